The van der Waals surface area contributed by atoms with Gasteiger partial charge in [0.25, 0.3) is 0 Å². The van der Waals surface area contributed by atoms with Gasteiger partial charge in [0.05, 0.1) is 6.61 Å². The second-order valence-electron chi connectivity index (χ2n) is 1.53. The van der Waals surface area contributed by atoms with Crippen molar-refractivity contribution in [3.05, 3.63) is 0 Å². The Labute approximate surface area is 60.0 Å². The zero-order chi connectivity index (χ0) is 7.28. The SMILES string of the molecule is CCOC(=O)C(N)C[S]. The molecule has 1 atom stereocenters. The quantitative estimate of drug-likeness (QED) is 0.576. The summed E-state index contributed by atoms with van der Waals surface area (Å²) in [5, 5.41) is 0. The number of hydrogen-bond acceptors (Lipinski definition) is 3. The van der Waals surface area contributed by atoms with Crippen LogP contribution in [-0.4, -0.2) is 24.4 Å². The second-order valence-corrected chi connectivity index (χ2v) is 1.86. The van der Waals surface area contributed by atoms with E-state index >= 15 is 0 Å². The smallest absolute Gasteiger partial charge is 0.323 e. The minimum Gasteiger partial charge on any atom is -0.465 e. The van der Waals surface area contributed by atoms with Gasteiger partial charge in [-0.1, -0.05) is 12.6 Å². The maximum Gasteiger partial charge on any atom is 0.323 e. The molecule has 0 aliphatic carbocycles. The summed E-state index contributed by atoms with van der Waals surface area (Å²) in [5.74, 6) is -0.189. The number of carbonyl (C=O) groups is 1. The minimum absolute atomic E-state index is 0.221. The molecule has 3 nitrogen and oxygen atoms in total. The van der Waals surface area contributed by atoms with Gasteiger partial charge in [-0.3, -0.25) is 4.79 Å². The van der Waals surface area contributed by atoms with Crippen molar-refractivity contribution in [1.82, 2.24) is 0 Å². The topological polar surface area (TPSA) is 52.3 Å². The van der Waals surface area contributed by atoms with Crippen molar-refractivity contribution in [3.63, 3.8) is 0 Å². The molecule has 2 N–H and O–H groups in total. The summed E-state index contributed by atoms with van der Waals surface area (Å²) in [6, 6.07) is -0.625. The molecule has 0 aliphatic heterocycles. The van der Waals surface area contributed by atoms with E-state index in [9.17, 15) is 4.79 Å². The highest BCUT2D eigenvalue weighted by atomic mass is 32.1. The van der Waals surface area contributed by atoms with Crippen LogP contribution in [0.1, 0.15) is 6.92 Å². The zero-order valence-electron chi connectivity index (χ0n) is 5.29. The average molecular weight is 148 g/mol. The molecule has 0 saturated carbocycles. The van der Waals surface area contributed by atoms with Crippen LogP contribution in [0.15, 0.2) is 0 Å². The van der Waals surface area contributed by atoms with E-state index < -0.39 is 12.0 Å². The molecule has 9 heavy (non-hydrogen) atoms. The first-order valence-electron chi connectivity index (χ1n) is 2.72. The van der Waals surface area contributed by atoms with Crippen molar-refractivity contribution in [1.29, 1.82) is 0 Å². The number of esters is 1. The number of carbonyl (C=O) groups excluding carboxylic acids is 1. The molecule has 0 aromatic heterocycles. The van der Waals surface area contributed by atoms with Gasteiger partial charge in [-0.05, 0) is 6.92 Å². The third-order valence-corrected chi connectivity index (χ3v) is 1.13. The fourth-order valence-electron chi connectivity index (χ4n) is 0.317. The van der Waals surface area contributed by atoms with Gasteiger partial charge in [0, 0.05) is 5.75 Å². The molecule has 53 valence electrons. The van der Waals surface area contributed by atoms with Crippen LogP contribution >= 0.6 is 12.6 Å². The van der Waals surface area contributed by atoms with Gasteiger partial charge in [0.15, 0.2) is 0 Å². The molecule has 0 fully saturated rings. The predicted octanol–water partition coefficient (Wildman–Crippen LogP) is 0.0743. The third-order valence-electron chi connectivity index (χ3n) is 0.769. The Kier molecular flexibility index (Phi) is 4.53. The summed E-state index contributed by atoms with van der Waals surface area (Å²) in [4.78, 5) is 10.6. The Hall–Kier alpha value is -0.220. The first-order chi connectivity index (χ1) is 4.22. The Morgan fingerprint density at radius 3 is 2.78 bits per heavy atom. The van der Waals surface area contributed by atoms with E-state index in [1.165, 1.54) is 0 Å². The first-order valence-corrected chi connectivity index (χ1v) is 3.30. The summed E-state index contributed by atoms with van der Waals surface area (Å²) in [6.07, 6.45) is 0. The van der Waals surface area contributed by atoms with Crippen LogP contribution in [0.4, 0.5) is 0 Å². The molecule has 0 heterocycles. The van der Waals surface area contributed by atoms with E-state index in [1.54, 1.807) is 6.92 Å². The molecule has 4 heteroatoms. The molecular weight excluding hydrogens is 138 g/mol. The summed E-state index contributed by atoms with van der Waals surface area (Å²) in [5.41, 5.74) is 5.22. The molecular formula is C5H10NO2S. The summed E-state index contributed by atoms with van der Waals surface area (Å²) in [7, 11) is 0. The van der Waals surface area contributed by atoms with Gasteiger partial charge >= 0.3 is 5.97 Å². The zero-order valence-corrected chi connectivity index (χ0v) is 6.11. The van der Waals surface area contributed by atoms with Crippen LogP contribution in [0.2, 0.25) is 0 Å². The van der Waals surface area contributed by atoms with Crippen molar-refractivity contribution >= 4 is 18.6 Å². The third kappa shape index (κ3) is 3.37. The van der Waals surface area contributed by atoms with E-state index in [0.29, 0.717) is 6.61 Å². The lowest BCUT2D eigenvalue weighted by molar-refractivity contribution is -0.144. The van der Waals surface area contributed by atoms with E-state index in [0.717, 1.165) is 0 Å². The monoisotopic (exact) mass is 148 g/mol. The number of rotatable bonds is 3. The van der Waals surface area contributed by atoms with Crippen LogP contribution in [-0.2, 0) is 9.53 Å². The summed E-state index contributed by atoms with van der Waals surface area (Å²) >= 11 is 4.54. The van der Waals surface area contributed by atoms with Crippen LogP contribution in [0.5, 0.6) is 0 Å². The summed E-state index contributed by atoms with van der Waals surface area (Å²) in [6.45, 7) is 2.09. The molecule has 0 saturated heterocycles. The second kappa shape index (κ2) is 4.64. The lowest BCUT2D eigenvalue weighted by atomic mass is 10.4. The van der Waals surface area contributed by atoms with Gasteiger partial charge in [-0.2, -0.15) is 0 Å². The summed E-state index contributed by atoms with van der Waals surface area (Å²) < 4.78 is 4.56. The molecule has 1 unspecified atom stereocenters. The van der Waals surface area contributed by atoms with Crippen molar-refractivity contribution < 1.29 is 9.53 Å². The number of nitrogens with two attached hydrogens (primary N) is 1. The Morgan fingerprint density at radius 1 is 1.89 bits per heavy atom. The Balaban J connectivity index is 3.46. The fourth-order valence-corrected chi connectivity index (χ4v) is 0.453. The van der Waals surface area contributed by atoms with Crippen molar-refractivity contribution in [3.8, 4) is 0 Å². The van der Waals surface area contributed by atoms with Gasteiger partial charge in [-0.15, -0.1) is 0 Å². The molecule has 1 radical (unpaired) electrons. The Bertz CT molecular complexity index is 97.0. The van der Waals surface area contributed by atoms with Crippen molar-refractivity contribution in [2.45, 2.75) is 13.0 Å². The first kappa shape index (κ1) is 8.78. The highest BCUT2D eigenvalue weighted by Crippen LogP contribution is 1.87. The minimum atomic E-state index is -0.625. The highest BCUT2D eigenvalue weighted by Gasteiger charge is 2.11. The van der Waals surface area contributed by atoms with Crippen LogP contribution < -0.4 is 5.73 Å². The van der Waals surface area contributed by atoms with E-state index in [2.05, 4.69) is 17.4 Å². The van der Waals surface area contributed by atoms with E-state index in [-0.39, 0.29) is 5.75 Å². The molecule has 0 spiro atoms. The molecule has 0 aliphatic rings. The van der Waals surface area contributed by atoms with Crippen LogP contribution in [0.3, 0.4) is 0 Å². The van der Waals surface area contributed by atoms with Gasteiger partial charge in [-0.25, -0.2) is 0 Å². The lowest BCUT2D eigenvalue weighted by Gasteiger charge is -2.05. The normalized spacial score (nSPS) is 12.8. The molecule has 0 bridgehead atoms. The number of hydrogen-bond donors (Lipinski definition) is 1. The average Bonchev–Trinajstić information content (AvgIpc) is 1.87. The largest absolute Gasteiger partial charge is 0.465 e. The van der Waals surface area contributed by atoms with E-state index in [1.807, 2.05) is 0 Å². The van der Waals surface area contributed by atoms with Crippen molar-refractivity contribution in [2.75, 3.05) is 12.4 Å². The fraction of sp³-hybridized carbons (Fsp3) is 0.800. The van der Waals surface area contributed by atoms with Gasteiger partial charge in [0.2, 0.25) is 0 Å². The standard InChI is InChI=1S/C5H10NO2S/c1-2-8-5(7)4(6)3-9/h4H,2-3,6H2,1H3. The highest BCUT2D eigenvalue weighted by molar-refractivity contribution is 7.80. The maximum atomic E-state index is 10.6. The van der Waals surface area contributed by atoms with Gasteiger partial charge < -0.3 is 10.5 Å². The van der Waals surface area contributed by atoms with Crippen LogP contribution in [0.25, 0.3) is 0 Å². The van der Waals surface area contributed by atoms with Gasteiger partial charge in [0.1, 0.15) is 6.04 Å². The molecule has 0 amide bonds. The molecule has 0 aromatic carbocycles. The molecule has 0 rings (SSSR count). The number of ether oxygens (including phenoxy) is 1. The maximum absolute atomic E-state index is 10.6. The predicted molar refractivity (Wildman–Crippen MR) is 37.1 cm³/mol. The van der Waals surface area contributed by atoms with E-state index in [4.69, 9.17) is 5.73 Å². The van der Waals surface area contributed by atoms with Crippen LogP contribution in [0, 0.1) is 0 Å². The van der Waals surface area contributed by atoms with Crippen molar-refractivity contribution in [2.24, 2.45) is 5.73 Å². The Morgan fingerprint density at radius 2 is 2.44 bits per heavy atom. The lowest BCUT2D eigenvalue weighted by Crippen LogP contribution is -2.33. The molecule has 0 aromatic rings.